The minimum atomic E-state index is -0.273. The fourth-order valence-corrected chi connectivity index (χ4v) is 3.15. The van der Waals surface area contributed by atoms with Gasteiger partial charge in [0.25, 0.3) is 0 Å². The molecule has 3 rings (SSSR count). The van der Waals surface area contributed by atoms with E-state index in [0.29, 0.717) is 10.2 Å². The lowest BCUT2D eigenvalue weighted by Crippen LogP contribution is -2.22. The molecule has 0 aliphatic rings. The van der Waals surface area contributed by atoms with Crippen LogP contribution in [0, 0.1) is 6.92 Å². The predicted octanol–water partition coefficient (Wildman–Crippen LogP) is 5.16. The number of anilines is 1. The van der Waals surface area contributed by atoms with Gasteiger partial charge in [0, 0.05) is 10.7 Å². The monoisotopic (exact) mass is 371 g/mol. The highest BCUT2D eigenvalue weighted by molar-refractivity contribution is 8.00. The molecule has 0 saturated carbocycles. The summed E-state index contributed by atoms with van der Waals surface area (Å²) in [5.41, 5.74) is 3.85. The van der Waals surface area contributed by atoms with Crippen LogP contribution in [-0.4, -0.2) is 21.1 Å². The van der Waals surface area contributed by atoms with Crippen LogP contribution in [0.25, 0.3) is 11.3 Å². The second-order valence-corrected chi connectivity index (χ2v) is 7.49. The van der Waals surface area contributed by atoms with Gasteiger partial charge < -0.3 is 10.3 Å². The number of imidazole rings is 1. The molecule has 0 radical (unpaired) electrons. The average molecular weight is 372 g/mol. The van der Waals surface area contributed by atoms with Crippen molar-refractivity contribution in [2.24, 2.45) is 0 Å². The van der Waals surface area contributed by atoms with Crippen LogP contribution in [0.4, 0.5) is 5.69 Å². The molecular weight excluding hydrogens is 354 g/mol. The fraction of sp³-hybridized carbons (Fsp3) is 0.158. The van der Waals surface area contributed by atoms with Gasteiger partial charge in [-0.1, -0.05) is 53.2 Å². The van der Waals surface area contributed by atoms with Crippen LogP contribution >= 0.6 is 23.4 Å². The Morgan fingerprint density at radius 3 is 2.52 bits per heavy atom. The Morgan fingerprint density at radius 1 is 1.16 bits per heavy atom. The lowest BCUT2D eigenvalue weighted by atomic mass is 10.2. The van der Waals surface area contributed by atoms with Gasteiger partial charge in [-0.15, -0.1) is 0 Å². The Labute approximate surface area is 156 Å². The zero-order valence-electron chi connectivity index (χ0n) is 13.9. The minimum absolute atomic E-state index is 0.0571. The number of carbonyl (C=O) groups is 1. The van der Waals surface area contributed by atoms with Gasteiger partial charge in [-0.2, -0.15) is 0 Å². The van der Waals surface area contributed by atoms with E-state index in [2.05, 4.69) is 15.3 Å². The lowest BCUT2D eigenvalue weighted by Gasteiger charge is -2.10. The molecule has 0 saturated heterocycles. The van der Waals surface area contributed by atoms with Crippen LogP contribution in [-0.2, 0) is 4.79 Å². The maximum Gasteiger partial charge on any atom is 0.237 e. The Bertz CT molecular complexity index is 859. The van der Waals surface area contributed by atoms with E-state index in [1.165, 1.54) is 11.8 Å². The Balaban J connectivity index is 1.62. The molecule has 128 valence electrons. The summed E-state index contributed by atoms with van der Waals surface area (Å²) >= 11 is 7.30. The summed E-state index contributed by atoms with van der Waals surface area (Å²) in [7, 11) is 0. The van der Waals surface area contributed by atoms with Crippen LogP contribution in [0.3, 0.4) is 0 Å². The van der Waals surface area contributed by atoms with E-state index in [1.807, 2.05) is 62.4 Å². The molecule has 3 aromatic rings. The van der Waals surface area contributed by atoms with Crippen molar-refractivity contribution in [3.8, 4) is 11.3 Å². The van der Waals surface area contributed by atoms with Crippen molar-refractivity contribution in [2.45, 2.75) is 24.3 Å². The number of amides is 1. The van der Waals surface area contributed by atoms with E-state index < -0.39 is 0 Å². The predicted molar refractivity (Wildman–Crippen MR) is 104 cm³/mol. The highest BCUT2D eigenvalue weighted by Gasteiger charge is 2.16. The van der Waals surface area contributed by atoms with Gasteiger partial charge in [0.05, 0.1) is 17.1 Å². The number of rotatable bonds is 5. The quantitative estimate of drug-likeness (QED) is 0.609. The van der Waals surface area contributed by atoms with Crippen molar-refractivity contribution in [1.29, 1.82) is 0 Å². The number of hydrogen-bond acceptors (Lipinski definition) is 3. The van der Waals surface area contributed by atoms with Gasteiger partial charge in [-0.05, 0) is 43.7 Å². The van der Waals surface area contributed by atoms with Crippen molar-refractivity contribution in [1.82, 2.24) is 9.97 Å². The SMILES string of the molecule is Cc1ccc(NC(=O)[C@H](C)Sc2ncc(-c3ccc(Cl)cc3)[nH]2)cc1. The number of halogens is 1. The molecule has 2 aromatic carbocycles. The molecule has 1 aromatic heterocycles. The number of aromatic amines is 1. The highest BCUT2D eigenvalue weighted by atomic mass is 35.5. The van der Waals surface area contributed by atoms with Crippen LogP contribution < -0.4 is 5.32 Å². The summed E-state index contributed by atoms with van der Waals surface area (Å²) in [4.78, 5) is 19.9. The number of benzene rings is 2. The summed E-state index contributed by atoms with van der Waals surface area (Å²) in [6.45, 7) is 3.87. The Hall–Kier alpha value is -2.24. The van der Waals surface area contributed by atoms with E-state index in [9.17, 15) is 4.79 Å². The topological polar surface area (TPSA) is 57.8 Å². The molecule has 0 unspecified atom stereocenters. The third-order valence-corrected chi connectivity index (χ3v) is 4.93. The first-order chi connectivity index (χ1) is 12.0. The van der Waals surface area contributed by atoms with Crippen LogP contribution in [0.15, 0.2) is 59.9 Å². The van der Waals surface area contributed by atoms with Crippen molar-refractivity contribution >= 4 is 35.0 Å². The molecule has 25 heavy (non-hydrogen) atoms. The zero-order chi connectivity index (χ0) is 17.8. The first-order valence-corrected chi connectivity index (χ1v) is 9.12. The largest absolute Gasteiger partial charge is 0.333 e. The third kappa shape index (κ3) is 4.65. The van der Waals surface area contributed by atoms with Gasteiger partial charge in [0.15, 0.2) is 5.16 Å². The molecular formula is C19H18ClN3OS. The molecule has 1 atom stereocenters. The highest BCUT2D eigenvalue weighted by Crippen LogP contribution is 2.26. The molecule has 2 N–H and O–H groups in total. The van der Waals surface area contributed by atoms with Crippen LogP contribution in [0.1, 0.15) is 12.5 Å². The standard InChI is InChI=1S/C19H18ClN3OS/c1-12-3-9-16(10-4-12)22-18(24)13(2)25-19-21-11-17(23-19)14-5-7-15(20)8-6-14/h3-11,13H,1-2H3,(H,21,23)(H,22,24)/t13-/m0/s1. The van der Waals surface area contributed by atoms with Crippen LogP contribution in [0.2, 0.25) is 5.02 Å². The molecule has 4 nitrogen and oxygen atoms in total. The first-order valence-electron chi connectivity index (χ1n) is 7.86. The average Bonchev–Trinajstić information content (AvgIpc) is 3.06. The van der Waals surface area contributed by atoms with E-state index in [1.54, 1.807) is 6.20 Å². The lowest BCUT2D eigenvalue weighted by molar-refractivity contribution is -0.115. The third-order valence-electron chi connectivity index (χ3n) is 3.68. The number of carbonyl (C=O) groups excluding carboxylic acids is 1. The fourth-order valence-electron chi connectivity index (χ4n) is 2.24. The molecule has 0 bridgehead atoms. The summed E-state index contributed by atoms with van der Waals surface area (Å²) in [5.74, 6) is -0.0571. The number of hydrogen-bond donors (Lipinski definition) is 2. The van der Waals surface area contributed by atoms with Crippen LogP contribution in [0.5, 0.6) is 0 Å². The zero-order valence-corrected chi connectivity index (χ0v) is 15.5. The number of aryl methyl sites for hydroxylation is 1. The van der Waals surface area contributed by atoms with Crippen molar-refractivity contribution in [3.63, 3.8) is 0 Å². The smallest absolute Gasteiger partial charge is 0.237 e. The molecule has 1 heterocycles. The molecule has 6 heteroatoms. The van der Waals surface area contributed by atoms with E-state index in [4.69, 9.17) is 11.6 Å². The maximum absolute atomic E-state index is 12.3. The summed E-state index contributed by atoms with van der Waals surface area (Å²) < 4.78 is 0. The van der Waals surface area contributed by atoms with Crippen molar-refractivity contribution in [2.75, 3.05) is 5.32 Å². The van der Waals surface area contributed by atoms with Crippen molar-refractivity contribution < 1.29 is 4.79 Å². The number of nitrogens with zero attached hydrogens (tertiary/aromatic N) is 1. The molecule has 0 aliphatic carbocycles. The number of thioether (sulfide) groups is 1. The van der Waals surface area contributed by atoms with Gasteiger partial charge >= 0.3 is 0 Å². The summed E-state index contributed by atoms with van der Waals surface area (Å²) in [6.07, 6.45) is 1.76. The van der Waals surface area contributed by atoms with Gasteiger partial charge in [-0.25, -0.2) is 4.98 Å². The Morgan fingerprint density at radius 2 is 1.84 bits per heavy atom. The Kier molecular flexibility index (Phi) is 5.46. The molecule has 0 fully saturated rings. The van der Waals surface area contributed by atoms with E-state index >= 15 is 0 Å². The van der Waals surface area contributed by atoms with Crippen molar-refractivity contribution in [3.05, 3.63) is 65.3 Å². The number of H-pyrrole nitrogens is 1. The summed E-state index contributed by atoms with van der Waals surface area (Å²) in [6, 6.07) is 15.3. The normalized spacial score (nSPS) is 12.0. The number of nitrogens with one attached hydrogen (secondary N) is 2. The van der Waals surface area contributed by atoms with E-state index in [0.717, 1.165) is 22.5 Å². The van der Waals surface area contributed by atoms with Gasteiger partial charge in [0.2, 0.25) is 5.91 Å². The summed E-state index contributed by atoms with van der Waals surface area (Å²) in [5, 5.41) is 4.04. The van der Waals surface area contributed by atoms with E-state index in [-0.39, 0.29) is 11.2 Å². The number of aromatic nitrogens is 2. The molecule has 0 spiro atoms. The minimum Gasteiger partial charge on any atom is -0.333 e. The molecule has 0 aliphatic heterocycles. The van der Waals surface area contributed by atoms with Gasteiger partial charge in [0.1, 0.15) is 0 Å². The first kappa shape index (κ1) is 17.6. The second kappa shape index (κ2) is 7.76. The second-order valence-electron chi connectivity index (χ2n) is 5.72. The molecule has 1 amide bonds. The van der Waals surface area contributed by atoms with Gasteiger partial charge in [-0.3, -0.25) is 4.79 Å². The maximum atomic E-state index is 12.3.